The molecule has 2 aromatic carbocycles. The maximum absolute atomic E-state index is 2.41. The van der Waals surface area contributed by atoms with Crippen LogP contribution in [0.1, 0.15) is 49.9 Å². The SMILES string of the molecule is CCN(CC)c1cc(C)c(-n2cc[n+](-c3c(C)cc(N(CC)CC)cc3C)c2)c(C)c1. The third kappa shape index (κ3) is 4.48. The highest BCUT2D eigenvalue weighted by atomic mass is 15.1. The summed E-state index contributed by atoms with van der Waals surface area (Å²) >= 11 is 0. The Bertz CT molecular complexity index is 911. The molecule has 0 aliphatic heterocycles. The fourth-order valence-electron chi connectivity index (χ4n) is 4.84. The van der Waals surface area contributed by atoms with Crippen LogP contribution >= 0.6 is 0 Å². The highest BCUT2D eigenvalue weighted by Crippen LogP contribution is 2.27. The van der Waals surface area contributed by atoms with E-state index in [1.165, 1.54) is 45.0 Å². The lowest BCUT2D eigenvalue weighted by Crippen LogP contribution is -2.31. The molecule has 1 aromatic heterocycles. The minimum atomic E-state index is 1.03. The van der Waals surface area contributed by atoms with Crippen molar-refractivity contribution in [2.24, 2.45) is 0 Å². The second kappa shape index (κ2) is 9.59. The number of nitrogens with zero attached hydrogens (tertiary/aromatic N) is 4. The fraction of sp³-hybridized carbons (Fsp3) is 0.444. The summed E-state index contributed by atoms with van der Waals surface area (Å²) in [5, 5.41) is 0. The summed E-state index contributed by atoms with van der Waals surface area (Å²) in [5.74, 6) is 0. The van der Waals surface area contributed by atoms with Crippen molar-refractivity contribution in [2.75, 3.05) is 36.0 Å². The van der Waals surface area contributed by atoms with Gasteiger partial charge in [0.15, 0.2) is 0 Å². The van der Waals surface area contributed by atoms with Crippen molar-refractivity contribution in [1.82, 2.24) is 4.57 Å². The molecule has 0 radical (unpaired) electrons. The summed E-state index contributed by atoms with van der Waals surface area (Å²) in [4.78, 5) is 4.81. The van der Waals surface area contributed by atoms with E-state index in [4.69, 9.17) is 0 Å². The van der Waals surface area contributed by atoms with Crippen molar-refractivity contribution >= 4 is 11.4 Å². The number of rotatable bonds is 8. The molecule has 0 aliphatic carbocycles. The molecule has 0 saturated heterocycles. The van der Waals surface area contributed by atoms with Gasteiger partial charge in [-0.25, -0.2) is 9.13 Å². The molecule has 31 heavy (non-hydrogen) atoms. The van der Waals surface area contributed by atoms with Gasteiger partial charge in [-0.1, -0.05) is 0 Å². The number of anilines is 2. The molecule has 0 amide bonds. The smallest absolute Gasteiger partial charge is 0.254 e. The molecule has 1 heterocycles. The fourth-order valence-corrected chi connectivity index (χ4v) is 4.84. The Morgan fingerprint density at radius 1 is 0.677 bits per heavy atom. The summed E-state index contributed by atoms with van der Waals surface area (Å²) in [6.45, 7) is 21.8. The van der Waals surface area contributed by atoms with Gasteiger partial charge in [-0.2, -0.15) is 0 Å². The largest absolute Gasteiger partial charge is 0.372 e. The van der Waals surface area contributed by atoms with E-state index in [2.05, 4.69) is 117 Å². The summed E-state index contributed by atoms with van der Waals surface area (Å²) in [6.07, 6.45) is 6.55. The number of hydrogen-bond donors (Lipinski definition) is 0. The van der Waals surface area contributed by atoms with Crippen LogP contribution in [0.4, 0.5) is 11.4 Å². The van der Waals surface area contributed by atoms with Crippen LogP contribution < -0.4 is 14.4 Å². The molecule has 4 nitrogen and oxygen atoms in total. The Balaban J connectivity index is 2.01. The molecular weight excluding hydrogens is 380 g/mol. The predicted molar refractivity (Wildman–Crippen MR) is 133 cm³/mol. The first-order chi connectivity index (χ1) is 14.8. The quantitative estimate of drug-likeness (QED) is 0.436. The molecule has 0 N–H and O–H groups in total. The molecule has 0 spiro atoms. The molecule has 3 rings (SSSR count). The van der Waals surface area contributed by atoms with Gasteiger partial charge in [-0.3, -0.25) is 0 Å². The summed E-state index contributed by atoms with van der Waals surface area (Å²) < 4.78 is 4.52. The molecule has 0 atom stereocenters. The van der Waals surface area contributed by atoms with Gasteiger partial charge in [0.1, 0.15) is 23.8 Å². The number of benzene rings is 2. The first-order valence-corrected chi connectivity index (χ1v) is 11.7. The van der Waals surface area contributed by atoms with Crippen molar-refractivity contribution in [3.63, 3.8) is 0 Å². The zero-order valence-electron chi connectivity index (χ0n) is 20.7. The first-order valence-electron chi connectivity index (χ1n) is 11.7. The van der Waals surface area contributed by atoms with Crippen LogP contribution in [0.3, 0.4) is 0 Å². The zero-order chi connectivity index (χ0) is 22.7. The highest BCUT2D eigenvalue weighted by molar-refractivity contribution is 5.60. The van der Waals surface area contributed by atoms with E-state index in [-0.39, 0.29) is 0 Å². The van der Waals surface area contributed by atoms with Gasteiger partial charge < -0.3 is 9.80 Å². The maximum atomic E-state index is 2.41. The van der Waals surface area contributed by atoms with Crippen molar-refractivity contribution in [2.45, 2.75) is 55.4 Å². The molecule has 0 saturated carbocycles. The van der Waals surface area contributed by atoms with E-state index < -0.39 is 0 Å². The zero-order valence-corrected chi connectivity index (χ0v) is 20.7. The van der Waals surface area contributed by atoms with E-state index >= 15 is 0 Å². The van der Waals surface area contributed by atoms with Gasteiger partial charge in [0.05, 0.1) is 0 Å². The van der Waals surface area contributed by atoms with Crippen LogP contribution in [0.25, 0.3) is 11.4 Å². The Hall–Kier alpha value is -2.75. The molecule has 0 fully saturated rings. The third-order valence-corrected chi connectivity index (χ3v) is 6.36. The van der Waals surface area contributed by atoms with Gasteiger partial charge in [0.2, 0.25) is 0 Å². The molecule has 0 aliphatic rings. The molecule has 0 bridgehead atoms. The summed E-state index contributed by atoms with van der Waals surface area (Å²) in [7, 11) is 0. The maximum Gasteiger partial charge on any atom is 0.254 e. The second-order valence-corrected chi connectivity index (χ2v) is 8.43. The average molecular weight is 420 g/mol. The van der Waals surface area contributed by atoms with Crippen LogP contribution in [-0.2, 0) is 0 Å². The normalized spacial score (nSPS) is 11.1. The lowest BCUT2D eigenvalue weighted by molar-refractivity contribution is -0.595. The summed E-state index contributed by atoms with van der Waals surface area (Å²) in [6, 6.07) is 9.26. The lowest BCUT2D eigenvalue weighted by Gasteiger charge is -2.23. The van der Waals surface area contributed by atoms with Crippen molar-refractivity contribution < 1.29 is 4.57 Å². The van der Waals surface area contributed by atoms with Gasteiger partial charge in [-0.15, -0.1) is 0 Å². The van der Waals surface area contributed by atoms with Crippen LogP contribution in [0.15, 0.2) is 43.0 Å². The standard InChI is InChI=1S/C27H39N4/c1-9-28(10-2)24-15-20(5)26(21(6)16-24)30-13-14-31(19-30)27-22(7)17-25(18-23(27)8)29(11-3)12-4/h13-19H,9-12H2,1-8H3/q+1. The third-order valence-electron chi connectivity index (χ3n) is 6.36. The van der Waals surface area contributed by atoms with Crippen LogP contribution in [0.5, 0.6) is 0 Å². The van der Waals surface area contributed by atoms with Gasteiger partial charge >= 0.3 is 0 Å². The second-order valence-electron chi connectivity index (χ2n) is 8.43. The van der Waals surface area contributed by atoms with E-state index in [9.17, 15) is 0 Å². The first kappa shape index (κ1) is 22.9. The number of aryl methyl sites for hydroxylation is 4. The van der Waals surface area contributed by atoms with E-state index in [0.717, 1.165) is 26.2 Å². The number of imidazole rings is 1. The lowest BCUT2D eigenvalue weighted by atomic mass is 10.1. The Labute approximate surface area is 188 Å². The van der Waals surface area contributed by atoms with Crippen molar-refractivity contribution in [1.29, 1.82) is 0 Å². The minimum Gasteiger partial charge on any atom is -0.372 e. The molecule has 4 heteroatoms. The Morgan fingerprint density at radius 2 is 1.10 bits per heavy atom. The van der Waals surface area contributed by atoms with Crippen molar-refractivity contribution in [3.05, 3.63) is 65.2 Å². The van der Waals surface area contributed by atoms with Gasteiger partial charge in [0.25, 0.3) is 6.33 Å². The van der Waals surface area contributed by atoms with Crippen LogP contribution in [0, 0.1) is 27.7 Å². The minimum absolute atomic E-state index is 1.03. The summed E-state index contributed by atoms with van der Waals surface area (Å²) in [5.41, 5.74) is 10.4. The Kier molecular flexibility index (Phi) is 7.09. The topological polar surface area (TPSA) is 15.3 Å². The Morgan fingerprint density at radius 3 is 1.52 bits per heavy atom. The predicted octanol–water partition coefficient (Wildman–Crippen LogP) is 5.68. The highest BCUT2D eigenvalue weighted by Gasteiger charge is 2.19. The van der Waals surface area contributed by atoms with Crippen LogP contribution in [-0.4, -0.2) is 30.7 Å². The molecule has 3 aromatic rings. The van der Waals surface area contributed by atoms with E-state index in [0.29, 0.717) is 0 Å². The van der Waals surface area contributed by atoms with Gasteiger partial charge in [0, 0.05) is 37.6 Å². The van der Waals surface area contributed by atoms with Gasteiger partial charge in [-0.05, 0) is 102 Å². The van der Waals surface area contributed by atoms with Crippen molar-refractivity contribution in [3.8, 4) is 11.4 Å². The molecule has 166 valence electrons. The van der Waals surface area contributed by atoms with Crippen LogP contribution in [0.2, 0.25) is 0 Å². The monoisotopic (exact) mass is 419 g/mol. The molecular formula is C27H39N4+. The van der Waals surface area contributed by atoms with E-state index in [1.807, 2.05) is 0 Å². The molecule has 0 unspecified atom stereocenters. The van der Waals surface area contributed by atoms with E-state index in [1.54, 1.807) is 0 Å². The number of aromatic nitrogens is 2. The average Bonchev–Trinajstić information content (AvgIpc) is 3.18. The number of hydrogen-bond acceptors (Lipinski definition) is 2.